The smallest absolute Gasteiger partial charge is 0.339 e. The van der Waals surface area contributed by atoms with Crippen LogP contribution in [0.25, 0.3) is 0 Å². The van der Waals surface area contributed by atoms with E-state index in [1.807, 2.05) is 0 Å². The number of carbonyl (C=O) groups is 2. The molecule has 0 radical (unpaired) electrons. The van der Waals surface area contributed by atoms with Gasteiger partial charge in [-0.05, 0) is 12.1 Å². The summed E-state index contributed by atoms with van der Waals surface area (Å²) in [4.78, 5) is 22.7. The van der Waals surface area contributed by atoms with Gasteiger partial charge in [0.15, 0.2) is 0 Å². The lowest BCUT2D eigenvalue weighted by molar-refractivity contribution is 0.0536. The van der Waals surface area contributed by atoms with Crippen LogP contribution in [0, 0.1) is 0 Å². The maximum Gasteiger partial charge on any atom is 0.339 e. The van der Waals surface area contributed by atoms with E-state index in [-0.39, 0.29) is 6.61 Å². The quantitative estimate of drug-likeness (QED) is 0.607. The predicted octanol–water partition coefficient (Wildman–Crippen LogP) is 1.73. The Morgan fingerprint density at radius 1 is 1.47 bits per heavy atom. The Kier molecular flexibility index (Phi) is 2.11. The molecule has 1 aromatic rings. The summed E-state index contributed by atoms with van der Waals surface area (Å²) in [7, 11) is 0. The number of carboxylic acids is 1. The van der Waals surface area contributed by atoms with Crippen LogP contribution in [0.5, 0.6) is 0 Å². The van der Waals surface area contributed by atoms with Crippen molar-refractivity contribution in [3.8, 4) is 0 Å². The third-order valence-corrected chi connectivity index (χ3v) is 1.44. The number of rotatable bonds is 4. The summed E-state index contributed by atoms with van der Waals surface area (Å²) < 4.78 is 34.4. The first-order chi connectivity index (χ1) is 8.82. The zero-order valence-electron chi connectivity index (χ0n) is 11.7. The predicted molar refractivity (Wildman–Crippen MR) is 53.9 cm³/mol. The molecule has 0 heterocycles. The molecule has 0 atom stereocenters. The molecule has 0 unspecified atom stereocenters. The minimum atomic E-state index is -1.63. The van der Waals surface area contributed by atoms with Crippen LogP contribution in [0.1, 0.15) is 26.2 Å². The Hall–Kier alpha value is -2.10. The van der Waals surface area contributed by atoms with E-state index in [4.69, 9.17) is 10.6 Å². The molecule has 78 valence electrons. The Balaban J connectivity index is 3.56. The van der Waals surface area contributed by atoms with Crippen LogP contribution in [0.2, 0.25) is 0 Å². The number of esters is 1. The topological polar surface area (TPSA) is 63.6 Å². The van der Waals surface area contributed by atoms with E-state index in [0.29, 0.717) is 0 Å². The summed E-state index contributed by atoms with van der Waals surface area (Å²) in [5.74, 6) is -2.76. The van der Waals surface area contributed by atoms with Crippen molar-refractivity contribution in [1.29, 1.82) is 0 Å². The first kappa shape index (κ1) is 6.40. The number of aromatic carboxylic acids is 1. The molecule has 0 bridgehead atoms. The largest absolute Gasteiger partial charge is 0.478 e. The Morgan fingerprint density at radius 3 is 2.60 bits per heavy atom. The van der Waals surface area contributed by atoms with Gasteiger partial charge in [-0.3, -0.25) is 0 Å². The van der Waals surface area contributed by atoms with Crippen molar-refractivity contribution in [2.45, 2.75) is 0 Å². The fourth-order valence-electron chi connectivity index (χ4n) is 0.833. The third kappa shape index (κ3) is 2.67. The maximum atomic E-state index is 11.7. The molecule has 0 aromatic heterocycles. The van der Waals surface area contributed by atoms with E-state index in [0.717, 1.165) is 0 Å². The van der Waals surface area contributed by atoms with Gasteiger partial charge in [-0.25, -0.2) is 9.59 Å². The highest BCUT2D eigenvalue weighted by Gasteiger charge is 2.16. The molecule has 0 spiro atoms. The monoisotopic (exact) mass is 210 g/mol. The zero-order valence-corrected chi connectivity index (χ0v) is 7.66. The minimum Gasteiger partial charge on any atom is -0.478 e. The summed E-state index contributed by atoms with van der Waals surface area (Å²) >= 11 is 0. The van der Waals surface area contributed by atoms with Crippen molar-refractivity contribution < 1.29 is 24.9 Å². The molecule has 0 aliphatic heterocycles. The Morgan fingerprint density at radius 2 is 2.07 bits per heavy atom. The molecule has 0 aliphatic rings. The molecule has 0 saturated carbocycles. The average Bonchev–Trinajstić information content (AvgIpc) is 2.36. The van der Waals surface area contributed by atoms with Crippen molar-refractivity contribution in [3.63, 3.8) is 0 Å². The van der Waals surface area contributed by atoms with Crippen molar-refractivity contribution in [1.82, 2.24) is 0 Å². The lowest BCUT2D eigenvalue weighted by Crippen LogP contribution is -2.11. The number of carboxylic acid groups (broad SMARTS) is 1. The van der Waals surface area contributed by atoms with Gasteiger partial charge in [0.2, 0.25) is 0 Å². The molecule has 0 amide bonds. The van der Waals surface area contributed by atoms with E-state index < -0.39 is 47.2 Å². The number of carbonyl (C=O) groups excluding carboxylic acids is 1. The van der Waals surface area contributed by atoms with Crippen LogP contribution in [-0.2, 0) is 4.74 Å². The van der Waals surface area contributed by atoms with Crippen LogP contribution in [0.15, 0.2) is 36.8 Å². The summed E-state index contributed by atoms with van der Waals surface area (Å²) in [6.07, 6.45) is 1.25. The van der Waals surface area contributed by atoms with Gasteiger partial charge in [-0.2, -0.15) is 0 Å². The van der Waals surface area contributed by atoms with Gasteiger partial charge < -0.3 is 9.84 Å². The average molecular weight is 210 g/mol. The standard InChI is InChI=1S/C11H10O4/c1-2-7-15-11(14)9-6-4-3-5-8(9)10(12)13/h2-6H,1,7H2,(H,12,13)/i3D,4D,5D,6D. The van der Waals surface area contributed by atoms with Crippen LogP contribution in [0.4, 0.5) is 0 Å². The minimum absolute atomic E-state index is 0.194. The van der Waals surface area contributed by atoms with E-state index in [9.17, 15) is 9.59 Å². The Bertz CT molecular complexity index is 569. The molecular weight excluding hydrogens is 196 g/mol. The third-order valence-electron chi connectivity index (χ3n) is 1.44. The van der Waals surface area contributed by atoms with Gasteiger partial charge >= 0.3 is 11.9 Å². The SMILES string of the molecule is [2H]c1c([2H])c([2H])c(C(=O)OCC=C)c(C(=O)O)c1[2H]. The van der Waals surface area contributed by atoms with E-state index >= 15 is 0 Å². The molecule has 1 N–H and O–H groups in total. The maximum absolute atomic E-state index is 11.7. The summed E-state index contributed by atoms with van der Waals surface area (Å²) in [5, 5.41) is 8.98. The molecule has 1 rings (SSSR count). The van der Waals surface area contributed by atoms with Gasteiger partial charge in [-0.15, -0.1) is 0 Å². The second-order valence-corrected chi connectivity index (χ2v) is 2.44. The summed E-state index contributed by atoms with van der Waals surface area (Å²) in [6, 6.07) is -2.95. The number of hydrogen-bond acceptors (Lipinski definition) is 3. The Labute approximate surface area is 92.4 Å². The fourth-order valence-corrected chi connectivity index (χ4v) is 0.833. The highest BCUT2D eigenvalue weighted by molar-refractivity contribution is 6.02. The molecule has 0 saturated heterocycles. The second-order valence-electron chi connectivity index (χ2n) is 2.44. The lowest BCUT2D eigenvalue weighted by Gasteiger charge is -2.04. The second kappa shape index (κ2) is 4.95. The molecule has 1 aromatic carbocycles. The highest BCUT2D eigenvalue weighted by Crippen LogP contribution is 2.10. The van der Waals surface area contributed by atoms with Crippen LogP contribution in [0.3, 0.4) is 0 Å². The summed E-state index contributed by atoms with van der Waals surface area (Å²) in [5.41, 5.74) is -1.50. The van der Waals surface area contributed by atoms with Crippen LogP contribution >= 0.6 is 0 Å². The first-order valence-corrected chi connectivity index (χ1v) is 3.94. The lowest BCUT2D eigenvalue weighted by atomic mass is 10.1. The number of hydrogen-bond donors (Lipinski definition) is 1. The molecule has 0 fully saturated rings. The van der Waals surface area contributed by atoms with Crippen molar-refractivity contribution in [2.75, 3.05) is 6.61 Å². The van der Waals surface area contributed by atoms with E-state index in [1.165, 1.54) is 6.08 Å². The van der Waals surface area contributed by atoms with E-state index in [1.54, 1.807) is 0 Å². The van der Waals surface area contributed by atoms with Crippen LogP contribution in [-0.4, -0.2) is 23.7 Å². The first-order valence-electron chi connectivity index (χ1n) is 5.94. The van der Waals surface area contributed by atoms with Gasteiger partial charge in [0, 0.05) is 0 Å². The fraction of sp³-hybridized carbons (Fsp3) is 0.0909. The van der Waals surface area contributed by atoms with Gasteiger partial charge in [-0.1, -0.05) is 24.7 Å². The van der Waals surface area contributed by atoms with Crippen molar-refractivity contribution >= 4 is 11.9 Å². The van der Waals surface area contributed by atoms with E-state index in [2.05, 4.69) is 11.3 Å². The zero-order chi connectivity index (χ0) is 14.7. The number of benzene rings is 1. The molecular formula is C11H10O4. The highest BCUT2D eigenvalue weighted by atomic mass is 16.5. The molecule has 4 nitrogen and oxygen atoms in total. The van der Waals surface area contributed by atoms with Gasteiger partial charge in [0.25, 0.3) is 0 Å². The van der Waals surface area contributed by atoms with Gasteiger partial charge in [0.1, 0.15) is 6.61 Å². The number of ether oxygens (including phenoxy) is 1. The molecule has 15 heavy (non-hydrogen) atoms. The van der Waals surface area contributed by atoms with Crippen molar-refractivity contribution in [3.05, 3.63) is 48.0 Å². The summed E-state index contributed by atoms with van der Waals surface area (Å²) in [6.45, 7) is 3.12. The van der Waals surface area contributed by atoms with Crippen LogP contribution < -0.4 is 0 Å². The van der Waals surface area contributed by atoms with Crippen molar-refractivity contribution in [2.24, 2.45) is 0 Å². The normalized spacial score (nSPS) is 13.1. The molecule has 0 aliphatic carbocycles. The van der Waals surface area contributed by atoms with Gasteiger partial charge in [0.05, 0.1) is 16.6 Å². The molecule has 4 heteroatoms.